The second-order valence-corrected chi connectivity index (χ2v) is 8.80. The Balaban J connectivity index is 1.55. The number of tetrazole rings is 1. The molecule has 0 saturated carbocycles. The van der Waals surface area contributed by atoms with Crippen molar-refractivity contribution in [3.05, 3.63) is 80.8 Å². The summed E-state index contributed by atoms with van der Waals surface area (Å²) in [6.45, 7) is 7.22. The zero-order chi connectivity index (χ0) is 25.2. The van der Waals surface area contributed by atoms with Crippen LogP contribution in [0.3, 0.4) is 0 Å². The molecule has 36 heavy (non-hydrogen) atoms. The van der Waals surface area contributed by atoms with Crippen LogP contribution in [-0.4, -0.2) is 39.3 Å². The highest BCUT2D eigenvalue weighted by Crippen LogP contribution is 2.30. The SMILES string of the molecule is CCCn1c(=O)c2c(nc(C)n2Cc2ccc(-c3ccccc3-c3nnn[nH]3)cc2)n(CCC)c1=O. The first-order valence-electron chi connectivity index (χ1n) is 12.2. The molecular formula is C26H28N8O2. The fourth-order valence-electron chi connectivity index (χ4n) is 4.63. The molecule has 5 aromatic rings. The van der Waals surface area contributed by atoms with Gasteiger partial charge in [0.25, 0.3) is 5.56 Å². The van der Waals surface area contributed by atoms with Crippen molar-refractivity contribution in [3.63, 3.8) is 0 Å². The molecule has 5 rings (SSSR count). The van der Waals surface area contributed by atoms with Crippen molar-refractivity contribution in [1.29, 1.82) is 0 Å². The Labute approximate surface area is 207 Å². The zero-order valence-corrected chi connectivity index (χ0v) is 20.6. The Bertz CT molecular complexity index is 1630. The highest BCUT2D eigenvalue weighted by atomic mass is 16.2. The molecule has 0 aliphatic heterocycles. The highest BCUT2D eigenvalue weighted by Gasteiger charge is 2.20. The predicted octanol–water partition coefficient (Wildman–Crippen LogP) is 3.38. The number of fused-ring (bicyclic) bond motifs is 1. The molecule has 0 unspecified atom stereocenters. The number of aromatic amines is 1. The van der Waals surface area contributed by atoms with Gasteiger partial charge in [0.15, 0.2) is 17.0 Å². The first-order chi connectivity index (χ1) is 17.5. The molecule has 0 radical (unpaired) electrons. The predicted molar refractivity (Wildman–Crippen MR) is 138 cm³/mol. The lowest BCUT2D eigenvalue weighted by Gasteiger charge is -2.12. The minimum atomic E-state index is -0.286. The van der Waals surface area contributed by atoms with Gasteiger partial charge in [0.2, 0.25) is 0 Å². The van der Waals surface area contributed by atoms with Crippen molar-refractivity contribution in [1.82, 2.24) is 39.3 Å². The molecule has 2 aromatic carbocycles. The number of aryl methyl sites for hydroxylation is 2. The van der Waals surface area contributed by atoms with Crippen LogP contribution in [0.15, 0.2) is 58.1 Å². The molecule has 0 bridgehead atoms. The molecule has 1 N–H and O–H groups in total. The van der Waals surface area contributed by atoms with Crippen LogP contribution in [0.25, 0.3) is 33.7 Å². The Morgan fingerprint density at radius 2 is 1.56 bits per heavy atom. The van der Waals surface area contributed by atoms with Crippen molar-refractivity contribution >= 4 is 11.2 Å². The maximum Gasteiger partial charge on any atom is 0.332 e. The summed E-state index contributed by atoms with van der Waals surface area (Å²) in [5.41, 5.74) is 4.34. The molecule has 10 nitrogen and oxygen atoms in total. The van der Waals surface area contributed by atoms with Gasteiger partial charge in [-0.3, -0.25) is 13.9 Å². The molecule has 0 spiro atoms. The van der Waals surface area contributed by atoms with Crippen molar-refractivity contribution in [2.45, 2.75) is 53.2 Å². The summed E-state index contributed by atoms with van der Waals surface area (Å²) in [4.78, 5) is 31.0. The van der Waals surface area contributed by atoms with E-state index in [1.165, 1.54) is 4.57 Å². The monoisotopic (exact) mass is 484 g/mol. The summed E-state index contributed by atoms with van der Waals surface area (Å²) in [6, 6.07) is 16.1. The smallest absolute Gasteiger partial charge is 0.318 e. The molecule has 184 valence electrons. The number of nitrogens with one attached hydrogen (secondary N) is 1. The van der Waals surface area contributed by atoms with Gasteiger partial charge >= 0.3 is 5.69 Å². The van der Waals surface area contributed by atoms with Gasteiger partial charge in [0, 0.05) is 25.2 Å². The molecule has 3 aromatic heterocycles. The van der Waals surface area contributed by atoms with Crippen LogP contribution in [-0.2, 0) is 19.6 Å². The average Bonchev–Trinajstić information content (AvgIpc) is 3.54. The van der Waals surface area contributed by atoms with E-state index in [1.54, 1.807) is 4.57 Å². The highest BCUT2D eigenvalue weighted by molar-refractivity contribution is 5.80. The number of benzene rings is 2. The van der Waals surface area contributed by atoms with Gasteiger partial charge in [-0.05, 0) is 46.9 Å². The fraction of sp³-hybridized carbons (Fsp3) is 0.308. The van der Waals surface area contributed by atoms with E-state index < -0.39 is 0 Å². The molecule has 0 amide bonds. The summed E-state index contributed by atoms with van der Waals surface area (Å²) in [5, 5.41) is 14.3. The van der Waals surface area contributed by atoms with Gasteiger partial charge in [-0.1, -0.05) is 62.4 Å². The van der Waals surface area contributed by atoms with Crippen LogP contribution in [0.5, 0.6) is 0 Å². The van der Waals surface area contributed by atoms with E-state index in [0.29, 0.717) is 48.9 Å². The lowest BCUT2D eigenvalue weighted by molar-refractivity contribution is 0.554. The van der Waals surface area contributed by atoms with Gasteiger partial charge in [-0.25, -0.2) is 14.9 Å². The molecule has 3 heterocycles. The molecule has 0 aliphatic rings. The number of hydrogen-bond donors (Lipinski definition) is 1. The van der Waals surface area contributed by atoms with Crippen molar-refractivity contribution in [2.75, 3.05) is 0 Å². The third kappa shape index (κ3) is 4.04. The average molecular weight is 485 g/mol. The Hall–Kier alpha value is -4.34. The van der Waals surface area contributed by atoms with Crippen molar-refractivity contribution in [3.8, 4) is 22.5 Å². The summed E-state index contributed by atoms with van der Waals surface area (Å²) in [5.74, 6) is 1.31. The molecule has 10 heteroatoms. The maximum absolute atomic E-state index is 13.4. The van der Waals surface area contributed by atoms with Gasteiger partial charge in [0.05, 0.1) is 0 Å². The minimum absolute atomic E-state index is 0.281. The maximum atomic E-state index is 13.4. The largest absolute Gasteiger partial charge is 0.332 e. The Kier molecular flexibility index (Phi) is 6.32. The van der Waals surface area contributed by atoms with E-state index in [-0.39, 0.29) is 11.2 Å². The summed E-state index contributed by atoms with van der Waals surface area (Å²) in [6.07, 6.45) is 1.48. The van der Waals surface area contributed by atoms with E-state index in [4.69, 9.17) is 0 Å². The first kappa shape index (κ1) is 23.4. The van der Waals surface area contributed by atoms with Crippen LogP contribution in [0, 0.1) is 6.92 Å². The lowest BCUT2D eigenvalue weighted by Crippen LogP contribution is -2.40. The number of H-pyrrole nitrogens is 1. The second-order valence-electron chi connectivity index (χ2n) is 8.80. The van der Waals surface area contributed by atoms with Gasteiger partial charge in [-0.2, -0.15) is 0 Å². The molecule has 0 atom stereocenters. The quantitative estimate of drug-likeness (QED) is 0.361. The van der Waals surface area contributed by atoms with Crippen molar-refractivity contribution in [2.24, 2.45) is 0 Å². The Morgan fingerprint density at radius 1 is 0.861 bits per heavy atom. The number of nitrogens with zero attached hydrogens (tertiary/aromatic N) is 7. The number of aromatic nitrogens is 8. The van der Waals surface area contributed by atoms with E-state index >= 15 is 0 Å². The fourth-order valence-corrected chi connectivity index (χ4v) is 4.63. The zero-order valence-electron chi connectivity index (χ0n) is 20.6. The van der Waals surface area contributed by atoms with Crippen LogP contribution < -0.4 is 11.2 Å². The number of imidazole rings is 1. The third-order valence-electron chi connectivity index (χ3n) is 6.33. The second kappa shape index (κ2) is 9.73. The number of hydrogen-bond acceptors (Lipinski definition) is 6. The minimum Gasteiger partial charge on any atom is -0.318 e. The van der Waals surface area contributed by atoms with Gasteiger partial charge < -0.3 is 4.57 Å². The van der Waals surface area contributed by atoms with Crippen LogP contribution >= 0.6 is 0 Å². The molecule has 0 aliphatic carbocycles. The summed E-state index contributed by atoms with van der Waals surface area (Å²) in [7, 11) is 0. The van der Waals surface area contributed by atoms with E-state index in [2.05, 4.69) is 37.7 Å². The van der Waals surface area contributed by atoms with E-state index in [1.807, 2.05) is 61.7 Å². The van der Waals surface area contributed by atoms with Crippen LogP contribution in [0.1, 0.15) is 38.1 Å². The summed E-state index contributed by atoms with van der Waals surface area (Å²) < 4.78 is 4.89. The van der Waals surface area contributed by atoms with Crippen molar-refractivity contribution < 1.29 is 0 Å². The lowest BCUT2D eigenvalue weighted by atomic mass is 9.98. The van der Waals surface area contributed by atoms with E-state index in [0.717, 1.165) is 28.7 Å². The standard InChI is InChI=1S/C26H28N8O2/c1-4-14-32-24-22(25(35)33(15-5-2)26(32)36)34(17(3)27-24)16-18-10-12-19(13-11-18)20-8-6-7-9-21(20)23-28-30-31-29-23/h6-13H,4-5,14-16H2,1-3H3,(H,28,29,30,31). The van der Waals surface area contributed by atoms with Crippen LogP contribution in [0.4, 0.5) is 0 Å². The topological polar surface area (TPSA) is 116 Å². The first-order valence-corrected chi connectivity index (χ1v) is 12.2. The number of rotatable bonds is 8. The molecule has 0 fully saturated rings. The third-order valence-corrected chi connectivity index (χ3v) is 6.33. The van der Waals surface area contributed by atoms with E-state index in [9.17, 15) is 9.59 Å². The normalized spacial score (nSPS) is 11.4. The molecular weight excluding hydrogens is 456 g/mol. The Morgan fingerprint density at radius 3 is 2.22 bits per heavy atom. The summed E-state index contributed by atoms with van der Waals surface area (Å²) >= 11 is 0. The van der Waals surface area contributed by atoms with Gasteiger partial charge in [0.1, 0.15) is 5.82 Å². The van der Waals surface area contributed by atoms with Gasteiger partial charge in [-0.15, -0.1) is 5.10 Å². The van der Waals surface area contributed by atoms with Crippen LogP contribution in [0.2, 0.25) is 0 Å². The molecule has 0 saturated heterocycles.